The summed E-state index contributed by atoms with van der Waals surface area (Å²) in [6, 6.07) is 79.7. The molecule has 3 aliphatic rings. The zero-order valence-electron chi connectivity index (χ0n) is 44.9. The second kappa shape index (κ2) is 16.0. The second-order valence-corrected chi connectivity index (χ2v) is 25.1. The molecule has 0 amide bonds. The van der Waals surface area contributed by atoms with Crippen LogP contribution in [0.1, 0.15) is 76.3 Å². The highest BCUT2D eigenvalue weighted by Crippen LogP contribution is 2.57. The van der Waals surface area contributed by atoms with E-state index in [0.29, 0.717) is 0 Å². The van der Waals surface area contributed by atoms with Crippen molar-refractivity contribution in [2.75, 3.05) is 9.80 Å². The first-order valence-electron chi connectivity index (χ1n) is 27.5. The zero-order valence-corrected chi connectivity index (χ0v) is 45.8. The first-order chi connectivity index (χ1) is 37.9. The maximum absolute atomic E-state index is 7.39. The highest BCUT2D eigenvalue weighted by Gasteiger charge is 2.49. The molecule has 0 spiro atoms. The second-order valence-electron chi connectivity index (χ2n) is 24.0. The summed E-state index contributed by atoms with van der Waals surface area (Å²) in [4.78, 5) is 5.10. The number of benzene rings is 10. The molecular weight excluding hydrogens is 966 g/mol. The van der Waals surface area contributed by atoms with Crippen LogP contribution in [-0.2, 0) is 16.2 Å². The molecule has 0 unspecified atom stereocenters. The maximum Gasteiger partial charge on any atom is 0.333 e. The van der Waals surface area contributed by atoms with Crippen molar-refractivity contribution in [2.45, 2.75) is 64.7 Å². The lowest BCUT2D eigenvalue weighted by Crippen LogP contribution is -2.57. The minimum atomic E-state index is -0.285. The van der Waals surface area contributed by atoms with Gasteiger partial charge in [0.15, 0.2) is 0 Å². The van der Waals surface area contributed by atoms with E-state index in [0.717, 1.165) is 50.3 Å². The summed E-state index contributed by atoms with van der Waals surface area (Å²) in [6.07, 6.45) is 0. The molecule has 5 heterocycles. The Kier molecular flexibility index (Phi) is 9.36. The fourth-order valence-corrected chi connectivity index (χ4v) is 15.4. The van der Waals surface area contributed by atoms with Crippen molar-refractivity contribution in [3.8, 4) is 22.3 Å². The quantitative estimate of drug-likeness (QED) is 0.161. The van der Waals surface area contributed by atoms with Gasteiger partial charge in [0.2, 0.25) is 0 Å². The van der Waals surface area contributed by atoms with Crippen LogP contribution in [0.15, 0.2) is 217 Å². The van der Waals surface area contributed by atoms with Crippen molar-refractivity contribution >= 4 is 116 Å². The molecule has 4 nitrogen and oxygen atoms in total. The Morgan fingerprint density at radius 1 is 0.487 bits per heavy atom. The lowest BCUT2D eigenvalue weighted by atomic mass is 9.44. The van der Waals surface area contributed by atoms with Crippen LogP contribution in [-0.4, -0.2) is 11.3 Å². The van der Waals surface area contributed by atoms with Crippen molar-refractivity contribution in [2.24, 2.45) is 0 Å². The third-order valence-corrected chi connectivity index (χ3v) is 19.1. The lowest BCUT2D eigenvalue weighted by molar-refractivity contribution is 0.521. The molecule has 0 saturated heterocycles. The Labute approximate surface area is 459 Å². The third-order valence-electron chi connectivity index (χ3n) is 17.9. The molecule has 0 bridgehead atoms. The highest BCUT2D eigenvalue weighted by atomic mass is 32.1. The average molecular weight is 1020 g/mol. The average Bonchev–Trinajstić information content (AvgIpc) is 2.05. The fourth-order valence-electron chi connectivity index (χ4n) is 14.2. The Morgan fingerprint density at radius 3 is 1.79 bits per heavy atom. The van der Waals surface area contributed by atoms with Crippen molar-refractivity contribution in [3.63, 3.8) is 0 Å². The molecule has 78 heavy (non-hydrogen) atoms. The number of hydrogen-bond acceptors (Lipinski definition) is 4. The van der Waals surface area contributed by atoms with Crippen molar-refractivity contribution in [1.82, 2.24) is 4.48 Å². The topological polar surface area (TPSA) is 24.6 Å². The molecule has 0 N–H and O–H groups in total. The number of fused-ring (bicyclic) bond motifs is 15. The maximum atomic E-state index is 7.39. The summed E-state index contributed by atoms with van der Waals surface area (Å²) < 4.78 is 12.8. The molecular formula is C72H56BN3OS. The van der Waals surface area contributed by atoms with Gasteiger partial charge in [-0.2, -0.15) is 0 Å². The smallest absolute Gasteiger partial charge is 0.333 e. The van der Waals surface area contributed by atoms with Gasteiger partial charge in [-0.3, -0.25) is 0 Å². The van der Waals surface area contributed by atoms with Gasteiger partial charge in [-0.15, -0.1) is 11.3 Å². The minimum Gasteiger partial charge on any atom is -0.455 e. The van der Waals surface area contributed by atoms with Gasteiger partial charge in [-0.05, 0) is 123 Å². The predicted molar refractivity (Wildman–Crippen MR) is 332 cm³/mol. The van der Waals surface area contributed by atoms with E-state index in [1.165, 1.54) is 98.0 Å². The van der Waals surface area contributed by atoms with Gasteiger partial charge in [-0.1, -0.05) is 188 Å². The lowest BCUT2D eigenvalue weighted by Gasteiger charge is -2.47. The van der Waals surface area contributed by atoms with E-state index >= 15 is 0 Å². The number of hydrogen-bond donors (Lipinski definition) is 0. The van der Waals surface area contributed by atoms with Crippen LogP contribution in [0.3, 0.4) is 0 Å². The van der Waals surface area contributed by atoms with E-state index < -0.39 is 0 Å². The number of anilines is 6. The van der Waals surface area contributed by atoms with Crippen LogP contribution in [0.4, 0.5) is 34.1 Å². The Morgan fingerprint density at radius 2 is 1.10 bits per heavy atom. The third kappa shape index (κ3) is 6.18. The van der Waals surface area contributed by atoms with Crippen molar-refractivity contribution in [1.29, 1.82) is 0 Å². The van der Waals surface area contributed by atoms with Gasteiger partial charge in [0, 0.05) is 87.7 Å². The van der Waals surface area contributed by atoms with Crippen LogP contribution >= 0.6 is 11.3 Å². The Hall–Kier alpha value is -8.58. The molecule has 16 rings (SSSR count). The zero-order chi connectivity index (χ0) is 52.6. The van der Waals surface area contributed by atoms with Crippen molar-refractivity contribution in [3.05, 3.63) is 240 Å². The normalized spacial score (nSPS) is 14.8. The summed E-state index contributed by atoms with van der Waals surface area (Å²) in [5.41, 5.74) is 24.6. The van der Waals surface area contributed by atoms with E-state index in [1.54, 1.807) is 0 Å². The molecule has 374 valence electrons. The monoisotopic (exact) mass is 1020 g/mol. The van der Waals surface area contributed by atoms with E-state index in [1.807, 2.05) is 11.3 Å². The van der Waals surface area contributed by atoms with E-state index in [9.17, 15) is 0 Å². The van der Waals surface area contributed by atoms with Gasteiger partial charge in [-0.25, -0.2) is 0 Å². The number of thiophene rings is 1. The SMILES string of the molecule is CC(C)(C)c1ccc(N2c3cc4c(cc3B3c5c2cc2c(oc6ccccc62)c5-c2cc(N(c5ccccc5)c5ccccc5)cc5c6sc7ccccc7c6n3c25)C(C)(C)c2ccccc2C4(C)C)c(-c2ccccc2)c1. The van der Waals surface area contributed by atoms with Crippen LogP contribution < -0.4 is 20.7 Å². The number of nitrogens with zero attached hydrogens (tertiary/aromatic N) is 3. The van der Waals surface area contributed by atoms with Crippen molar-refractivity contribution < 1.29 is 4.42 Å². The highest BCUT2D eigenvalue weighted by molar-refractivity contribution is 7.27. The largest absolute Gasteiger partial charge is 0.455 e. The fraction of sp³-hybridized carbons (Fsp3) is 0.139. The van der Waals surface area contributed by atoms with Gasteiger partial charge >= 0.3 is 6.85 Å². The molecule has 0 saturated carbocycles. The summed E-state index contributed by atoms with van der Waals surface area (Å²) in [7, 11) is 0. The molecule has 1 aliphatic carbocycles. The molecule has 0 radical (unpaired) electrons. The van der Waals surface area contributed by atoms with E-state index in [-0.39, 0.29) is 23.1 Å². The molecule has 10 aromatic carbocycles. The minimum absolute atomic E-state index is 0.0773. The molecule has 0 atom stereocenters. The first-order valence-corrected chi connectivity index (χ1v) is 28.3. The molecule has 0 fully saturated rings. The summed E-state index contributed by atoms with van der Waals surface area (Å²) in [5.74, 6) is 0. The van der Waals surface area contributed by atoms with Crippen LogP contribution in [0.25, 0.3) is 75.4 Å². The van der Waals surface area contributed by atoms with Gasteiger partial charge in [0.1, 0.15) is 11.2 Å². The summed E-state index contributed by atoms with van der Waals surface area (Å²) in [5, 5.41) is 4.75. The molecule has 13 aromatic rings. The van der Waals surface area contributed by atoms with Crippen LogP contribution in [0.2, 0.25) is 0 Å². The van der Waals surface area contributed by atoms with E-state index in [2.05, 4.69) is 275 Å². The van der Waals surface area contributed by atoms with Gasteiger partial charge in [0.05, 0.1) is 15.9 Å². The predicted octanol–water partition coefficient (Wildman–Crippen LogP) is 18.7. The van der Waals surface area contributed by atoms with Gasteiger partial charge in [0.25, 0.3) is 0 Å². The Balaban J connectivity index is 1.12. The molecule has 6 heteroatoms. The standard InChI is InChI=1S/C72H56BN3OS/c1-70(2,3)44-35-36-59(50(37-44)43-23-11-8-12-24-43)75-60-42-57-56(71(4,5)54-31-19-20-32-55(54)72(57,6)7)41-58(60)73-65-61(75)40-51-48-29-17-21-33-62(48)77-68(51)64(65)52-38-47(74(45-25-13-9-14-26-45)46-27-15-10-16-28-46)39-53-66(52)76(73)67-49-30-18-22-34-63(49)78-69(53)67/h8-42H,1-7H3. The molecule has 2 aliphatic heterocycles. The number of furan rings is 1. The van der Waals surface area contributed by atoms with E-state index in [4.69, 9.17) is 4.42 Å². The van der Waals surface area contributed by atoms with Crippen LogP contribution in [0, 0.1) is 0 Å². The number of rotatable bonds is 5. The van der Waals surface area contributed by atoms with Gasteiger partial charge < -0.3 is 18.7 Å². The summed E-state index contributed by atoms with van der Waals surface area (Å²) >= 11 is 1.92. The summed E-state index contributed by atoms with van der Waals surface area (Å²) in [6.45, 7) is 16.6. The Bertz CT molecular complexity index is 4630. The first kappa shape index (κ1) is 45.6. The number of para-hydroxylation sites is 3. The number of aromatic nitrogens is 1. The molecule has 3 aromatic heterocycles. The van der Waals surface area contributed by atoms with Crippen LogP contribution in [0.5, 0.6) is 0 Å².